The van der Waals surface area contributed by atoms with Gasteiger partial charge in [0.15, 0.2) is 11.5 Å². The van der Waals surface area contributed by atoms with Crippen molar-refractivity contribution in [3.05, 3.63) is 42.2 Å². The molecule has 21 heavy (non-hydrogen) atoms. The van der Waals surface area contributed by atoms with Crippen molar-refractivity contribution in [2.24, 2.45) is 0 Å². The number of fused-ring (bicyclic) bond motifs is 1. The number of nitrogen functional groups attached to an aromatic ring is 1. The van der Waals surface area contributed by atoms with Gasteiger partial charge in [0, 0.05) is 11.8 Å². The Labute approximate surface area is 122 Å². The maximum Gasteiger partial charge on any atom is 0.162 e. The van der Waals surface area contributed by atoms with Gasteiger partial charge >= 0.3 is 0 Å². The highest BCUT2D eigenvalue weighted by molar-refractivity contribution is 5.81. The van der Waals surface area contributed by atoms with Crippen LogP contribution in [0.2, 0.25) is 0 Å². The van der Waals surface area contributed by atoms with E-state index in [0.29, 0.717) is 17.2 Å². The van der Waals surface area contributed by atoms with E-state index >= 15 is 0 Å². The molecule has 108 valence electrons. The lowest BCUT2D eigenvalue weighted by atomic mass is 10.2. The SMILES string of the molecule is COc1ccc(-n2c(C)nc3cc(N)ccc32)cc1OC. The van der Waals surface area contributed by atoms with E-state index in [1.807, 2.05) is 43.3 Å². The Morgan fingerprint density at radius 1 is 1.00 bits per heavy atom. The summed E-state index contributed by atoms with van der Waals surface area (Å²) in [5.74, 6) is 2.28. The molecule has 0 aliphatic rings. The number of anilines is 1. The molecule has 0 saturated heterocycles. The third kappa shape index (κ3) is 2.16. The number of rotatable bonds is 3. The minimum atomic E-state index is 0.687. The summed E-state index contributed by atoms with van der Waals surface area (Å²) >= 11 is 0. The molecule has 0 radical (unpaired) electrons. The molecule has 3 aromatic rings. The molecule has 1 aromatic heterocycles. The summed E-state index contributed by atoms with van der Waals surface area (Å²) in [6, 6.07) is 11.5. The van der Waals surface area contributed by atoms with Gasteiger partial charge in [0.1, 0.15) is 5.82 Å². The van der Waals surface area contributed by atoms with E-state index < -0.39 is 0 Å². The second-order valence-electron chi connectivity index (χ2n) is 4.78. The van der Waals surface area contributed by atoms with Crippen molar-refractivity contribution < 1.29 is 9.47 Å². The van der Waals surface area contributed by atoms with Crippen molar-refractivity contribution in [3.63, 3.8) is 0 Å². The molecule has 0 atom stereocenters. The highest BCUT2D eigenvalue weighted by Crippen LogP contribution is 2.31. The van der Waals surface area contributed by atoms with Crippen LogP contribution in [0.5, 0.6) is 11.5 Å². The minimum Gasteiger partial charge on any atom is -0.493 e. The number of imidazole rings is 1. The average molecular weight is 283 g/mol. The normalized spacial score (nSPS) is 10.8. The highest BCUT2D eigenvalue weighted by atomic mass is 16.5. The maximum atomic E-state index is 5.82. The molecule has 0 amide bonds. The van der Waals surface area contributed by atoms with Gasteiger partial charge in [0.2, 0.25) is 0 Å². The summed E-state index contributed by atoms with van der Waals surface area (Å²) in [7, 11) is 3.25. The third-order valence-electron chi connectivity index (χ3n) is 3.47. The van der Waals surface area contributed by atoms with Crippen molar-refractivity contribution in [1.29, 1.82) is 0 Å². The Kier molecular flexibility index (Phi) is 3.17. The largest absolute Gasteiger partial charge is 0.493 e. The minimum absolute atomic E-state index is 0.687. The molecule has 0 saturated carbocycles. The van der Waals surface area contributed by atoms with Crippen LogP contribution in [0.3, 0.4) is 0 Å². The summed E-state index contributed by atoms with van der Waals surface area (Å²) in [5.41, 5.74) is 9.38. The quantitative estimate of drug-likeness (QED) is 0.751. The lowest BCUT2D eigenvalue weighted by Gasteiger charge is -2.12. The van der Waals surface area contributed by atoms with Crippen LogP contribution < -0.4 is 15.2 Å². The molecule has 5 heteroatoms. The maximum absolute atomic E-state index is 5.82. The molecular formula is C16H17N3O2. The molecule has 2 aromatic carbocycles. The second kappa shape index (κ2) is 5.01. The zero-order valence-corrected chi connectivity index (χ0v) is 12.3. The predicted octanol–water partition coefficient (Wildman–Crippen LogP) is 2.93. The van der Waals surface area contributed by atoms with Gasteiger partial charge in [-0.3, -0.25) is 4.57 Å². The number of ether oxygens (including phenoxy) is 2. The summed E-state index contributed by atoms with van der Waals surface area (Å²) in [6.45, 7) is 1.97. The number of nitrogens with zero attached hydrogens (tertiary/aromatic N) is 2. The summed E-state index contributed by atoms with van der Waals surface area (Å²) in [4.78, 5) is 4.56. The van der Waals surface area contributed by atoms with E-state index in [0.717, 1.165) is 22.5 Å². The summed E-state index contributed by atoms with van der Waals surface area (Å²) in [6.07, 6.45) is 0. The molecule has 0 bridgehead atoms. The van der Waals surface area contributed by atoms with E-state index in [2.05, 4.69) is 9.55 Å². The molecule has 0 fully saturated rings. The van der Waals surface area contributed by atoms with Gasteiger partial charge in [0.25, 0.3) is 0 Å². The lowest BCUT2D eigenvalue weighted by molar-refractivity contribution is 0.355. The number of methoxy groups -OCH3 is 2. The number of aromatic nitrogens is 2. The molecule has 0 unspecified atom stereocenters. The molecular weight excluding hydrogens is 266 g/mol. The van der Waals surface area contributed by atoms with Gasteiger partial charge < -0.3 is 15.2 Å². The molecule has 2 N–H and O–H groups in total. The molecule has 0 aliphatic carbocycles. The number of nitrogens with two attached hydrogens (primary N) is 1. The van der Waals surface area contributed by atoms with Crippen LogP contribution in [-0.4, -0.2) is 23.8 Å². The van der Waals surface area contributed by atoms with E-state index in [1.165, 1.54) is 0 Å². The van der Waals surface area contributed by atoms with Crippen LogP contribution in [0.25, 0.3) is 16.7 Å². The van der Waals surface area contributed by atoms with Crippen LogP contribution in [0.15, 0.2) is 36.4 Å². The standard InChI is InChI=1S/C16H17N3O2/c1-10-18-13-8-11(17)4-6-14(13)19(10)12-5-7-15(20-2)16(9-12)21-3/h4-9H,17H2,1-3H3. The Morgan fingerprint density at radius 2 is 1.76 bits per heavy atom. The first-order valence-corrected chi connectivity index (χ1v) is 6.61. The fourth-order valence-electron chi connectivity index (χ4n) is 2.51. The molecule has 1 heterocycles. The number of benzene rings is 2. The van der Waals surface area contributed by atoms with Crippen molar-refractivity contribution >= 4 is 16.7 Å². The average Bonchev–Trinajstić information content (AvgIpc) is 2.81. The lowest BCUT2D eigenvalue weighted by Crippen LogP contribution is -1.99. The van der Waals surface area contributed by atoms with E-state index in [1.54, 1.807) is 14.2 Å². The van der Waals surface area contributed by atoms with Crippen molar-refractivity contribution in [1.82, 2.24) is 9.55 Å². The summed E-state index contributed by atoms with van der Waals surface area (Å²) in [5, 5.41) is 0. The smallest absolute Gasteiger partial charge is 0.162 e. The van der Waals surface area contributed by atoms with E-state index in [9.17, 15) is 0 Å². The molecule has 0 aliphatic heterocycles. The van der Waals surface area contributed by atoms with Gasteiger partial charge in [-0.1, -0.05) is 0 Å². The van der Waals surface area contributed by atoms with Crippen LogP contribution in [0.4, 0.5) is 5.69 Å². The first kappa shape index (κ1) is 13.3. The van der Waals surface area contributed by atoms with E-state index in [-0.39, 0.29) is 0 Å². The third-order valence-corrected chi connectivity index (χ3v) is 3.47. The Hall–Kier alpha value is -2.69. The summed E-state index contributed by atoms with van der Waals surface area (Å²) < 4.78 is 12.7. The van der Waals surface area contributed by atoms with Crippen molar-refractivity contribution in [2.45, 2.75) is 6.92 Å². The van der Waals surface area contributed by atoms with Crippen LogP contribution in [0.1, 0.15) is 5.82 Å². The van der Waals surface area contributed by atoms with Crippen LogP contribution >= 0.6 is 0 Å². The van der Waals surface area contributed by atoms with Crippen molar-refractivity contribution in [3.8, 4) is 17.2 Å². The van der Waals surface area contributed by atoms with Crippen LogP contribution in [0, 0.1) is 6.92 Å². The first-order chi connectivity index (χ1) is 10.1. The van der Waals surface area contributed by atoms with E-state index in [4.69, 9.17) is 15.2 Å². The Bertz CT molecular complexity index is 809. The zero-order valence-electron chi connectivity index (χ0n) is 12.3. The molecule has 0 spiro atoms. The number of hydrogen-bond donors (Lipinski definition) is 1. The van der Waals surface area contributed by atoms with Gasteiger partial charge in [-0.2, -0.15) is 0 Å². The van der Waals surface area contributed by atoms with Gasteiger partial charge in [-0.05, 0) is 37.3 Å². The zero-order chi connectivity index (χ0) is 15.0. The van der Waals surface area contributed by atoms with Crippen molar-refractivity contribution in [2.75, 3.05) is 20.0 Å². The van der Waals surface area contributed by atoms with Gasteiger partial charge in [-0.25, -0.2) is 4.98 Å². The second-order valence-corrected chi connectivity index (χ2v) is 4.78. The highest BCUT2D eigenvalue weighted by Gasteiger charge is 2.12. The predicted molar refractivity (Wildman–Crippen MR) is 83.3 cm³/mol. The fourth-order valence-corrected chi connectivity index (χ4v) is 2.51. The Balaban J connectivity index is 2.22. The van der Waals surface area contributed by atoms with Crippen LogP contribution in [-0.2, 0) is 0 Å². The number of aryl methyl sites for hydroxylation is 1. The Morgan fingerprint density at radius 3 is 2.48 bits per heavy atom. The van der Waals surface area contributed by atoms with Gasteiger partial charge in [0.05, 0.1) is 30.9 Å². The molecule has 3 rings (SSSR count). The topological polar surface area (TPSA) is 62.3 Å². The first-order valence-electron chi connectivity index (χ1n) is 6.61. The fraction of sp³-hybridized carbons (Fsp3) is 0.188. The monoisotopic (exact) mass is 283 g/mol. The van der Waals surface area contributed by atoms with Gasteiger partial charge in [-0.15, -0.1) is 0 Å². The molecule has 5 nitrogen and oxygen atoms in total. The number of hydrogen-bond acceptors (Lipinski definition) is 4.